The monoisotopic (exact) mass is 346 g/mol. The van der Waals surface area contributed by atoms with Gasteiger partial charge in [-0.2, -0.15) is 0 Å². The highest BCUT2D eigenvalue weighted by Crippen LogP contribution is 2.25. The molecular formula is C22H22N2O2. The van der Waals surface area contributed by atoms with Crippen molar-refractivity contribution in [2.45, 2.75) is 31.9 Å². The third kappa shape index (κ3) is 3.33. The number of hydrogen-bond acceptors (Lipinski definition) is 3. The van der Waals surface area contributed by atoms with Gasteiger partial charge in [0.2, 0.25) is 0 Å². The minimum Gasteiger partial charge on any atom is -0.376 e. The van der Waals surface area contributed by atoms with Gasteiger partial charge in [-0.05, 0) is 31.9 Å². The van der Waals surface area contributed by atoms with E-state index in [2.05, 4.69) is 5.32 Å². The average Bonchev–Trinajstić information content (AvgIpc) is 3.23. The number of rotatable bonds is 4. The van der Waals surface area contributed by atoms with Crippen LogP contribution in [0.1, 0.15) is 30.1 Å². The fraction of sp³-hybridized carbons (Fsp3) is 0.273. The predicted octanol–water partition coefficient (Wildman–Crippen LogP) is 4.20. The van der Waals surface area contributed by atoms with Crippen molar-refractivity contribution in [3.05, 3.63) is 66.2 Å². The van der Waals surface area contributed by atoms with E-state index < -0.39 is 0 Å². The molecule has 1 aliphatic rings. The van der Waals surface area contributed by atoms with Gasteiger partial charge < -0.3 is 10.1 Å². The molecule has 1 aliphatic heterocycles. The molecule has 4 heteroatoms. The van der Waals surface area contributed by atoms with Crippen molar-refractivity contribution in [2.24, 2.45) is 0 Å². The van der Waals surface area contributed by atoms with Crippen LogP contribution in [-0.2, 0) is 4.74 Å². The molecule has 2 aromatic carbocycles. The Morgan fingerprint density at radius 3 is 2.69 bits per heavy atom. The molecule has 0 bridgehead atoms. The summed E-state index contributed by atoms with van der Waals surface area (Å²) in [6.45, 7) is 2.79. The highest BCUT2D eigenvalue weighted by atomic mass is 16.5. The van der Waals surface area contributed by atoms with Gasteiger partial charge in [-0.1, -0.05) is 48.5 Å². The van der Waals surface area contributed by atoms with Crippen molar-refractivity contribution >= 4 is 16.8 Å². The highest BCUT2D eigenvalue weighted by Gasteiger charge is 2.25. The van der Waals surface area contributed by atoms with Gasteiger partial charge in [-0.25, -0.2) is 4.98 Å². The Hall–Kier alpha value is -2.72. The number of carbonyl (C=O) groups is 1. The molecule has 3 aromatic rings. The lowest BCUT2D eigenvalue weighted by atomic mass is 10.0. The molecule has 1 aromatic heterocycles. The molecule has 4 nitrogen and oxygen atoms in total. The topological polar surface area (TPSA) is 51.2 Å². The Bertz CT molecular complexity index is 918. The Balaban J connectivity index is 1.71. The summed E-state index contributed by atoms with van der Waals surface area (Å²) in [5, 5.41) is 3.98. The van der Waals surface area contributed by atoms with Gasteiger partial charge in [0.25, 0.3) is 5.91 Å². The standard InChI is InChI=1S/C22H22N2O2/c1-15(21-12-7-13-26-21)23-22(25)18-14-20(16-8-3-2-4-9-16)24-19-11-6-5-10-17(18)19/h2-6,8-11,14-15,21H,7,12-13H2,1H3,(H,23,25)/t15-,21+/m1/s1. The zero-order chi connectivity index (χ0) is 17.9. The number of fused-ring (bicyclic) bond motifs is 1. The smallest absolute Gasteiger partial charge is 0.252 e. The molecule has 0 saturated carbocycles. The quantitative estimate of drug-likeness (QED) is 0.770. The maximum Gasteiger partial charge on any atom is 0.252 e. The summed E-state index contributed by atoms with van der Waals surface area (Å²) >= 11 is 0. The van der Waals surface area contributed by atoms with Gasteiger partial charge in [0.15, 0.2) is 0 Å². The Labute approximate surface area is 153 Å². The number of benzene rings is 2. The molecule has 0 aliphatic carbocycles. The maximum absolute atomic E-state index is 13.0. The van der Waals surface area contributed by atoms with Crippen LogP contribution in [0.4, 0.5) is 0 Å². The molecule has 0 unspecified atom stereocenters. The van der Waals surface area contributed by atoms with E-state index in [1.54, 1.807) is 0 Å². The number of amides is 1. The number of para-hydroxylation sites is 1. The Morgan fingerprint density at radius 1 is 1.15 bits per heavy atom. The van der Waals surface area contributed by atoms with E-state index in [1.165, 1.54) is 0 Å². The predicted molar refractivity (Wildman–Crippen MR) is 103 cm³/mol. The van der Waals surface area contributed by atoms with Crippen LogP contribution in [0.25, 0.3) is 22.2 Å². The second-order valence-electron chi connectivity index (χ2n) is 6.75. The first-order valence-electron chi connectivity index (χ1n) is 9.10. The maximum atomic E-state index is 13.0. The summed E-state index contributed by atoms with van der Waals surface area (Å²) in [5.74, 6) is -0.0798. The molecule has 26 heavy (non-hydrogen) atoms. The summed E-state index contributed by atoms with van der Waals surface area (Å²) in [5.41, 5.74) is 3.28. The van der Waals surface area contributed by atoms with Gasteiger partial charge in [-0.3, -0.25) is 4.79 Å². The second kappa shape index (κ2) is 7.26. The molecule has 1 amide bonds. The molecule has 1 N–H and O–H groups in total. The third-order valence-electron chi connectivity index (χ3n) is 4.91. The van der Waals surface area contributed by atoms with Crippen molar-refractivity contribution in [3.8, 4) is 11.3 Å². The van der Waals surface area contributed by atoms with E-state index in [4.69, 9.17) is 9.72 Å². The third-order valence-corrected chi connectivity index (χ3v) is 4.91. The van der Waals surface area contributed by atoms with Crippen LogP contribution in [0, 0.1) is 0 Å². The largest absolute Gasteiger partial charge is 0.376 e. The average molecular weight is 346 g/mol. The van der Waals surface area contributed by atoms with E-state index in [9.17, 15) is 4.79 Å². The van der Waals surface area contributed by atoms with Gasteiger partial charge >= 0.3 is 0 Å². The van der Waals surface area contributed by atoms with Crippen LogP contribution < -0.4 is 5.32 Å². The minimum atomic E-state index is -0.0798. The fourth-order valence-corrected chi connectivity index (χ4v) is 3.49. The number of aromatic nitrogens is 1. The molecule has 0 radical (unpaired) electrons. The first-order valence-corrected chi connectivity index (χ1v) is 9.10. The van der Waals surface area contributed by atoms with Crippen molar-refractivity contribution in [1.82, 2.24) is 10.3 Å². The number of carbonyl (C=O) groups excluding carboxylic acids is 1. The number of ether oxygens (including phenoxy) is 1. The number of pyridine rings is 1. The first-order chi connectivity index (χ1) is 12.7. The van der Waals surface area contributed by atoms with Crippen LogP contribution in [0.15, 0.2) is 60.7 Å². The molecule has 1 fully saturated rings. The normalized spacial score (nSPS) is 18.0. The molecule has 4 rings (SSSR count). The van der Waals surface area contributed by atoms with E-state index >= 15 is 0 Å². The number of nitrogens with zero attached hydrogens (tertiary/aromatic N) is 1. The zero-order valence-corrected chi connectivity index (χ0v) is 14.8. The Morgan fingerprint density at radius 2 is 1.92 bits per heavy atom. The van der Waals surface area contributed by atoms with Crippen molar-refractivity contribution in [2.75, 3.05) is 6.61 Å². The summed E-state index contributed by atoms with van der Waals surface area (Å²) in [7, 11) is 0. The van der Waals surface area contributed by atoms with E-state index in [-0.39, 0.29) is 18.1 Å². The zero-order valence-electron chi connectivity index (χ0n) is 14.8. The highest BCUT2D eigenvalue weighted by molar-refractivity contribution is 6.07. The summed E-state index contributed by atoms with van der Waals surface area (Å²) in [6.07, 6.45) is 2.15. The molecular weight excluding hydrogens is 324 g/mol. The summed E-state index contributed by atoms with van der Waals surface area (Å²) in [4.78, 5) is 17.8. The van der Waals surface area contributed by atoms with Crippen LogP contribution >= 0.6 is 0 Å². The lowest BCUT2D eigenvalue weighted by Gasteiger charge is -2.20. The van der Waals surface area contributed by atoms with Crippen LogP contribution in [0.5, 0.6) is 0 Å². The van der Waals surface area contributed by atoms with E-state index in [1.807, 2.05) is 67.6 Å². The Kier molecular flexibility index (Phi) is 4.67. The van der Waals surface area contributed by atoms with E-state index in [0.29, 0.717) is 5.56 Å². The molecule has 0 spiro atoms. The summed E-state index contributed by atoms with van der Waals surface area (Å²) in [6, 6.07) is 19.6. The van der Waals surface area contributed by atoms with Crippen molar-refractivity contribution in [1.29, 1.82) is 0 Å². The van der Waals surface area contributed by atoms with Crippen molar-refractivity contribution < 1.29 is 9.53 Å². The first kappa shape index (κ1) is 16.7. The van der Waals surface area contributed by atoms with Crippen LogP contribution in [0.3, 0.4) is 0 Å². The lowest BCUT2D eigenvalue weighted by Crippen LogP contribution is -2.40. The van der Waals surface area contributed by atoms with Gasteiger partial charge in [0.1, 0.15) is 0 Å². The van der Waals surface area contributed by atoms with Gasteiger partial charge in [-0.15, -0.1) is 0 Å². The van der Waals surface area contributed by atoms with Crippen LogP contribution in [0.2, 0.25) is 0 Å². The minimum absolute atomic E-state index is 0.0166. The second-order valence-corrected chi connectivity index (χ2v) is 6.75. The molecule has 1 saturated heterocycles. The molecule has 132 valence electrons. The van der Waals surface area contributed by atoms with Crippen molar-refractivity contribution in [3.63, 3.8) is 0 Å². The van der Waals surface area contributed by atoms with Gasteiger partial charge in [0, 0.05) is 17.6 Å². The number of hydrogen-bond donors (Lipinski definition) is 1. The van der Waals surface area contributed by atoms with Gasteiger partial charge in [0.05, 0.1) is 28.9 Å². The molecule has 2 atom stereocenters. The SMILES string of the molecule is C[C@@H](NC(=O)c1cc(-c2ccccc2)nc2ccccc12)[C@@H]1CCCO1. The van der Waals surface area contributed by atoms with E-state index in [0.717, 1.165) is 41.6 Å². The summed E-state index contributed by atoms with van der Waals surface area (Å²) < 4.78 is 5.70. The molecule has 2 heterocycles. The van der Waals surface area contributed by atoms with Crippen LogP contribution in [-0.4, -0.2) is 29.6 Å². The number of nitrogens with one attached hydrogen (secondary N) is 1. The lowest BCUT2D eigenvalue weighted by molar-refractivity contribution is 0.0713. The fourth-order valence-electron chi connectivity index (χ4n) is 3.49.